The molecule has 3 rings (SSSR count). The molecule has 2 saturated heterocycles. The summed E-state index contributed by atoms with van der Waals surface area (Å²) in [7, 11) is 0. The summed E-state index contributed by atoms with van der Waals surface area (Å²) in [4.78, 5) is 29.3. The standard InChI is InChI=1S/C22H32N2O5/c1-7-27-19(25)18-17(23(18)13-15-11-9-8-10-12-15)16-14-28-22(5,6)24(16)20(26)29-21(2,3)4/h8-12,16-18H,7,13-14H2,1-6H3/t16-,17-,18-,23?/m0/s1. The first-order valence-electron chi connectivity index (χ1n) is 10.2. The van der Waals surface area contributed by atoms with Crippen molar-refractivity contribution in [2.24, 2.45) is 0 Å². The topological polar surface area (TPSA) is 68.1 Å². The minimum Gasteiger partial charge on any atom is -0.465 e. The Morgan fingerprint density at radius 2 is 1.86 bits per heavy atom. The zero-order chi connectivity index (χ0) is 21.4. The third kappa shape index (κ3) is 4.73. The average Bonchev–Trinajstić information content (AvgIpc) is 3.21. The van der Waals surface area contributed by atoms with Gasteiger partial charge in [0.1, 0.15) is 17.4 Å². The highest BCUT2D eigenvalue weighted by atomic mass is 16.6. The molecule has 0 saturated carbocycles. The summed E-state index contributed by atoms with van der Waals surface area (Å²) in [6.45, 7) is 12.3. The second kappa shape index (κ2) is 7.95. The van der Waals surface area contributed by atoms with Crippen molar-refractivity contribution in [3.63, 3.8) is 0 Å². The highest BCUT2D eigenvalue weighted by Crippen LogP contribution is 2.42. The van der Waals surface area contributed by atoms with Gasteiger partial charge >= 0.3 is 12.1 Å². The fourth-order valence-electron chi connectivity index (χ4n) is 3.98. The molecule has 2 fully saturated rings. The van der Waals surface area contributed by atoms with E-state index < -0.39 is 23.5 Å². The number of benzene rings is 1. The Morgan fingerprint density at radius 1 is 1.21 bits per heavy atom. The van der Waals surface area contributed by atoms with Crippen molar-refractivity contribution in [3.8, 4) is 0 Å². The second-order valence-electron chi connectivity index (χ2n) is 9.02. The van der Waals surface area contributed by atoms with Crippen LogP contribution in [0.3, 0.4) is 0 Å². The van der Waals surface area contributed by atoms with Crippen LogP contribution in [-0.4, -0.2) is 64.5 Å². The molecule has 0 aliphatic carbocycles. The summed E-state index contributed by atoms with van der Waals surface area (Å²) in [5, 5.41) is 0. The number of esters is 1. The van der Waals surface area contributed by atoms with Crippen molar-refractivity contribution in [2.75, 3.05) is 13.2 Å². The molecule has 0 bridgehead atoms. The lowest BCUT2D eigenvalue weighted by Crippen LogP contribution is -2.52. The molecule has 1 aromatic carbocycles. The van der Waals surface area contributed by atoms with Crippen molar-refractivity contribution in [1.29, 1.82) is 0 Å². The molecule has 29 heavy (non-hydrogen) atoms. The molecule has 0 radical (unpaired) electrons. The molecule has 7 nitrogen and oxygen atoms in total. The van der Waals surface area contributed by atoms with Gasteiger partial charge in [-0.3, -0.25) is 14.6 Å². The Morgan fingerprint density at radius 3 is 2.45 bits per heavy atom. The van der Waals surface area contributed by atoms with Crippen molar-refractivity contribution < 1.29 is 23.8 Å². The van der Waals surface area contributed by atoms with Crippen molar-refractivity contribution in [2.45, 2.75) is 77.5 Å². The third-order valence-electron chi connectivity index (χ3n) is 5.21. The molecule has 4 atom stereocenters. The molecule has 2 heterocycles. The summed E-state index contributed by atoms with van der Waals surface area (Å²) < 4.78 is 16.9. The van der Waals surface area contributed by atoms with Gasteiger partial charge in [0.05, 0.1) is 25.3 Å². The van der Waals surface area contributed by atoms with Gasteiger partial charge < -0.3 is 14.2 Å². The Kier molecular flexibility index (Phi) is 5.92. The smallest absolute Gasteiger partial charge is 0.412 e. The zero-order valence-corrected chi connectivity index (χ0v) is 18.2. The van der Waals surface area contributed by atoms with Gasteiger partial charge in [-0.05, 0) is 47.1 Å². The molecule has 0 aromatic heterocycles. The monoisotopic (exact) mass is 404 g/mol. The summed E-state index contributed by atoms with van der Waals surface area (Å²) in [6, 6.07) is 9.09. The molecular weight excluding hydrogens is 372 g/mol. The summed E-state index contributed by atoms with van der Waals surface area (Å²) in [6.07, 6.45) is -0.431. The van der Waals surface area contributed by atoms with E-state index in [2.05, 4.69) is 4.90 Å². The lowest BCUT2D eigenvalue weighted by atomic mass is 10.1. The first-order chi connectivity index (χ1) is 13.5. The van der Waals surface area contributed by atoms with Gasteiger partial charge in [0.2, 0.25) is 0 Å². The van der Waals surface area contributed by atoms with E-state index in [1.54, 1.807) is 11.8 Å². The van der Waals surface area contributed by atoms with Gasteiger partial charge in [-0.25, -0.2) is 4.79 Å². The molecule has 2 aliphatic heterocycles. The first-order valence-corrected chi connectivity index (χ1v) is 10.2. The van der Waals surface area contributed by atoms with Gasteiger partial charge in [0.15, 0.2) is 0 Å². The minimum atomic E-state index is -0.812. The van der Waals surface area contributed by atoms with Gasteiger partial charge in [0, 0.05) is 6.54 Å². The first kappa shape index (κ1) is 21.6. The number of ether oxygens (including phenoxy) is 3. The fourth-order valence-corrected chi connectivity index (χ4v) is 3.98. The molecule has 0 spiro atoms. The molecule has 1 amide bonds. The SMILES string of the molecule is CCOC(=O)[C@@H]1[C@H]([C@@H]2COC(C)(C)N2C(=O)OC(C)(C)C)N1Cc1ccccc1. The van der Waals surface area contributed by atoms with Crippen LogP contribution in [0.4, 0.5) is 4.79 Å². The van der Waals surface area contributed by atoms with Crippen LogP contribution < -0.4 is 0 Å². The number of carbonyl (C=O) groups is 2. The van der Waals surface area contributed by atoms with E-state index in [0.29, 0.717) is 19.8 Å². The third-order valence-corrected chi connectivity index (χ3v) is 5.21. The maximum atomic E-state index is 13.0. The van der Waals surface area contributed by atoms with Crippen LogP contribution in [-0.2, 0) is 25.5 Å². The van der Waals surface area contributed by atoms with Crippen LogP contribution in [0.15, 0.2) is 30.3 Å². The lowest BCUT2D eigenvalue weighted by molar-refractivity contribution is -0.143. The van der Waals surface area contributed by atoms with E-state index in [1.807, 2.05) is 65.0 Å². The highest BCUT2D eigenvalue weighted by Gasteiger charge is 2.63. The maximum absolute atomic E-state index is 13.0. The zero-order valence-electron chi connectivity index (χ0n) is 18.2. The van der Waals surface area contributed by atoms with E-state index in [4.69, 9.17) is 14.2 Å². The van der Waals surface area contributed by atoms with E-state index >= 15 is 0 Å². The van der Waals surface area contributed by atoms with Crippen LogP contribution in [0.2, 0.25) is 0 Å². The molecule has 1 unspecified atom stereocenters. The highest BCUT2D eigenvalue weighted by molar-refractivity contribution is 5.81. The Balaban J connectivity index is 1.84. The minimum absolute atomic E-state index is 0.177. The van der Waals surface area contributed by atoms with Crippen LogP contribution in [0.1, 0.15) is 47.1 Å². The fraction of sp³-hybridized carbons (Fsp3) is 0.636. The lowest BCUT2D eigenvalue weighted by Gasteiger charge is -2.35. The molecular formula is C22H32N2O5. The van der Waals surface area contributed by atoms with Crippen LogP contribution in [0, 0.1) is 0 Å². The van der Waals surface area contributed by atoms with E-state index in [0.717, 1.165) is 5.56 Å². The Hall–Kier alpha value is -2.12. The van der Waals surface area contributed by atoms with Gasteiger partial charge in [0.25, 0.3) is 0 Å². The van der Waals surface area contributed by atoms with Crippen molar-refractivity contribution >= 4 is 12.1 Å². The van der Waals surface area contributed by atoms with Crippen LogP contribution >= 0.6 is 0 Å². The summed E-state index contributed by atoms with van der Waals surface area (Å²) in [5.41, 5.74) is -0.326. The molecule has 160 valence electrons. The van der Waals surface area contributed by atoms with Crippen LogP contribution in [0.25, 0.3) is 0 Å². The molecule has 1 aromatic rings. The van der Waals surface area contributed by atoms with E-state index in [-0.39, 0.29) is 18.1 Å². The number of hydrogen-bond donors (Lipinski definition) is 0. The number of hydrogen-bond acceptors (Lipinski definition) is 6. The van der Waals surface area contributed by atoms with Gasteiger partial charge in [-0.1, -0.05) is 30.3 Å². The number of amides is 1. The number of carbonyl (C=O) groups excluding carboxylic acids is 2. The second-order valence-corrected chi connectivity index (χ2v) is 9.02. The van der Waals surface area contributed by atoms with Gasteiger partial charge in [-0.15, -0.1) is 0 Å². The number of nitrogens with zero attached hydrogens (tertiary/aromatic N) is 2. The largest absolute Gasteiger partial charge is 0.465 e. The summed E-state index contributed by atoms with van der Waals surface area (Å²) in [5.74, 6) is -0.262. The Labute approximate surface area is 172 Å². The van der Waals surface area contributed by atoms with Crippen molar-refractivity contribution in [3.05, 3.63) is 35.9 Å². The van der Waals surface area contributed by atoms with Crippen molar-refractivity contribution in [1.82, 2.24) is 9.80 Å². The normalized spacial score (nSPS) is 28.1. The quantitative estimate of drug-likeness (QED) is 0.555. The average molecular weight is 405 g/mol. The predicted octanol–water partition coefficient (Wildman–Crippen LogP) is 3.17. The van der Waals surface area contributed by atoms with Gasteiger partial charge in [-0.2, -0.15) is 0 Å². The van der Waals surface area contributed by atoms with E-state index in [9.17, 15) is 9.59 Å². The van der Waals surface area contributed by atoms with Crippen LogP contribution in [0.5, 0.6) is 0 Å². The summed E-state index contributed by atoms with van der Waals surface area (Å²) >= 11 is 0. The Bertz CT molecular complexity index is 743. The maximum Gasteiger partial charge on any atom is 0.412 e. The molecule has 7 heteroatoms. The predicted molar refractivity (Wildman–Crippen MR) is 108 cm³/mol. The number of rotatable bonds is 5. The van der Waals surface area contributed by atoms with E-state index in [1.165, 1.54) is 0 Å². The molecule has 2 aliphatic rings. The molecule has 0 N–H and O–H groups in total.